The molecule has 0 atom stereocenters. The smallest absolute Gasteiger partial charge is 0.415 e. The van der Waals surface area contributed by atoms with Gasteiger partial charge in [-0.15, -0.1) is 0 Å². The Morgan fingerprint density at radius 2 is 1.77 bits per heavy atom. The van der Waals surface area contributed by atoms with Gasteiger partial charge in [0, 0.05) is 63.6 Å². The number of halogens is 1. The van der Waals surface area contributed by atoms with Gasteiger partial charge in [0.2, 0.25) is 17.0 Å². The number of carbonyl (C=O) groups excluding carboxylic acids is 3. The van der Waals surface area contributed by atoms with Gasteiger partial charge in [-0.05, 0) is 19.1 Å². The molecule has 1 N–H and O–H groups in total. The summed E-state index contributed by atoms with van der Waals surface area (Å²) in [4.78, 5) is 65.4. The van der Waals surface area contributed by atoms with E-state index in [9.17, 15) is 29.1 Å². The molecular formula is C27H25FN4O8. The van der Waals surface area contributed by atoms with E-state index in [0.29, 0.717) is 12.1 Å². The van der Waals surface area contributed by atoms with Gasteiger partial charge in [0.15, 0.2) is 11.5 Å². The molecule has 1 aromatic carbocycles. The number of aromatic nitrogens is 2. The lowest BCUT2D eigenvalue weighted by Crippen LogP contribution is -2.50. The first-order chi connectivity index (χ1) is 19.0. The number of allylic oxidation sites excluding steroid dienone is 2. The average Bonchev–Trinajstić information content (AvgIpc) is 3.26. The molecule has 0 radical (unpaired) electrons. The van der Waals surface area contributed by atoms with Gasteiger partial charge >= 0.3 is 12.1 Å². The number of carbonyl (C=O) groups is 4. The van der Waals surface area contributed by atoms with Gasteiger partial charge in [-0.2, -0.15) is 0 Å². The van der Waals surface area contributed by atoms with Crippen LogP contribution >= 0.6 is 0 Å². The van der Waals surface area contributed by atoms with E-state index in [4.69, 9.17) is 9.47 Å². The topological polar surface area (TPSA) is 140 Å². The Labute approximate surface area is 226 Å². The van der Waals surface area contributed by atoms with Crippen LogP contribution in [0.5, 0.6) is 5.75 Å². The second-order valence-electron chi connectivity index (χ2n) is 9.36. The third kappa shape index (κ3) is 4.28. The number of pyridine rings is 1. The monoisotopic (exact) mass is 552 g/mol. The summed E-state index contributed by atoms with van der Waals surface area (Å²) in [6.07, 6.45) is 2.98. The maximum atomic E-state index is 15.2. The normalized spacial score (nSPS) is 15.2. The summed E-state index contributed by atoms with van der Waals surface area (Å²) in [5, 5.41) is 9.31. The second kappa shape index (κ2) is 9.98. The van der Waals surface area contributed by atoms with Gasteiger partial charge in [-0.3, -0.25) is 14.4 Å². The molecular weight excluding hydrogens is 527 g/mol. The first-order valence-electron chi connectivity index (χ1n) is 12.4. The molecule has 40 heavy (non-hydrogen) atoms. The van der Waals surface area contributed by atoms with Crippen LogP contribution in [0.25, 0.3) is 10.9 Å². The minimum Gasteiger partial charge on any atom is -0.492 e. The van der Waals surface area contributed by atoms with E-state index < -0.39 is 40.4 Å². The highest BCUT2D eigenvalue weighted by molar-refractivity contribution is 6.24. The van der Waals surface area contributed by atoms with Crippen LogP contribution in [0.15, 0.2) is 41.2 Å². The minimum atomic E-state index is -1.39. The number of ketones is 2. The molecule has 1 amide bonds. The van der Waals surface area contributed by atoms with Crippen LogP contribution in [0, 0.1) is 5.82 Å². The lowest BCUT2D eigenvalue weighted by Gasteiger charge is -2.35. The predicted octanol–water partition coefficient (Wildman–Crippen LogP) is 2.43. The third-order valence-electron chi connectivity index (χ3n) is 7.11. The standard InChI is InChI=1S/C27H25FN4O8/c1-4-30-12-15(26(36)37)24(34)14-9-16(28)18(10-17(14)30)31-5-7-32(8-6-31)27(38)40-21-13-29(2)23-19(33)11-20(39-3)25(35)22(21)23/h9-13H,4-8H2,1-3H3,(H,36,37). The predicted molar refractivity (Wildman–Crippen MR) is 140 cm³/mol. The number of benzene rings is 1. The van der Waals surface area contributed by atoms with Crippen LogP contribution in [0.1, 0.15) is 38.1 Å². The van der Waals surface area contributed by atoms with E-state index in [1.165, 1.54) is 35.0 Å². The van der Waals surface area contributed by atoms with Crippen molar-refractivity contribution in [2.24, 2.45) is 7.05 Å². The van der Waals surface area contributed by atoms with Crippen molar-refractivity contribution in [3.05, 3.63) is 69.2 Å². The summed E-state index contributed by atoms with van der Waals surface area (Å²) >= 11 is 0. The molecule has 0 spiro atoms. The summed E-state index contributed by atoms with van der Waals surface area (Å²) in [6, 6.07) is 2.56. The average molecular weight is 553 g/mol. The number of aryl methyl sites for hydroxylation is 2. The zero-order valence-corrected chi connectivity index (χ0v) is 21.9. The molecule has 5 rings (SSSR count). The molecule has 1 saturated heterocycles. The molecule has 3 aromatic rings. The molecule has 12 nitrogen and oxygen atoms in total. The van der Waals surface area contributed by atoms with E-state index in [2.05, 4.69) is 0 Å². The Morgan fingerprint density at radius 3 is 2.40 bits per heavy atom. The number of rotatable bonds is 5. The number of carboxylic acids is 1. The molecule has 1 fully saturated rings. The third-order valence-corrected chi connectivity index (χ3v) is 7.11. The van der Waals surface area contributed by atoms with Crippen molar-refractivity contribution in [1.29, 1.82) is 0 Å². The summed E-state index contributed by atoms with van der Waals surface area (Å²) in [5.41, 5.74) is -0.551. The molecule has 1 aliphatic carbocycles. The zero-order valence-electron chi connectivity index (χ0n) is 21.9. The number of nitrogens with zero attached hydrogens (tertiary/aromatic N) is 4. The molecule has 13 heteroatoms. The Morgan fingerprint density at radius 1 is 1.07 bits per heavy atom. The van der Waals surface area contributed by atoms with E-state index in [-0.39, 0.29) is 60.0 Å². The first-order valence-corrected chi connectivity index (χ1v) is 12.4. The van der Waals surface area contributed by atoms with E-state index >= 15 is 4.39 Å². The molecule has 0 saturated carbocycles. The van der Waals surface area contributed by atoms with Gasteiger partial charge in [0.25, 0.3) is 0 Å². The van der Waals surface area contributed by atoms with E-state index in [1.807, 2.05) is 0 Å². The molecule has 1 aliphatic heterocycles. The van der Waals surface area contributed by atoms with Crippen molar-refractivity contribution in [2.75, 3.05) is 38.2 Å². The Bertz CT molecular complexity index is 1690. The minimum absolute atomic E-state index is 0.0316. The van der Waals surface area contributed by atoms with Gasteiger partial charge in [-0.1, -0.05) is 0 Å². The lowest BCUT2D eigenvalue weighted by molar-refractivity contribution is 0.0694. The highest BCUT2D eigenvalue weighted by atomic mass is 19.1. The number of fused-ring (bicyclic) bond motifs is 2. The number of anilines is 1. The lowest BCUT2D eigenvalue weighted by atomic mass is 10.00. The van der Waals surface area contributed by atoms with Gasteiger partial charge in [0.1, 0.15) is 17.1 Å². The fraction of sp³-hybridized carbons (Fsp3) is 0.296. The fourth-order valence-corrected chi connectivity index (χ4v) is 5.06. The second-order valence-corrected chi connectivity index (χ2v) is 9.36. The zero-order chi connectivity index (χ0) is 28.9. The molecule has 2 aromatic heterocycles. The highest BCUT2D eigenvalue weighted by Gasteiger charge is 2.35. The number of hydrogen-bond donors (Lipinski definition) is 1. The SMILES string of the molecule is CCn1cc(C(=O)O)c(=O)c2cc(F)c(N3CCN(C(=O)Oc4cn(C)c5c4C(=O)C(OC)=CC5=O)CC3)cc21. The number of carboxylic acid groups (broad SMARTS) is 1. The molecule has 2 aliphatic rings. The number of methoxy groups -OCH3 is 1. The molecule has 208 valence electrons. The van der Waals surface area contributed by atoms with Crippen LogP contribution in [0.2, 0.25) is 0 Å². The van der Waals surface area contributed by atoms with Crippen LogP contribution < -0.4 is 15.1 Å². The first kappa shape index (κ1) is 26.7. The molecule has 3 heterocycles. The quantitative estimate of drug-likeness (QED) is 0.505. The Kier molecular flexibility index (Phi) is 6.65. The van der Waals surface area contributed by atoms with E-state index in [0.717, 1.165) is 12.1 Å². The molecule has 0 bridgehead atoms. The summed E-state index contributed by atoms with van der Waals surface area (Å²) in [6.45, 7) is 2.95. The fourth-order valence-electron chi connectivity index (χ4n) is 5.06. The number of piperazine rings is 1. The maximum absolute atomic E-state index is 15.2. The van der Waals surface area contributed by atoms with E-state index in [1.54, 1.807) is 23.4 Å². The number of hydrogen-bond acceptors (Lipinski definition) is 8. The Balaban J connectivity index is 1.35. The van der Waals surface area contributed by atoms with Crippen molar-refractivity contribution in [3.63, 3.8) is 0 Å². The highest BCUT2D eigenvalue weighted by Crippen LogP contribution is 2.32. The molecule has 0 unspecified atom stereocenters. The van der Waals surface area contributed by atoms with Crippen molar-refractivity contribution < 1.29 is 38.1 Å². The largest absolute Gasteiger partial charge is 0.492 e. The number of ether oxygens (including phenoxy) is 2. The van der Waals surface area contributed by atoms with Gasteiger partial charge in [0.05, 0.1) is 23.9 Å². The number of amides is 1. The van der Waals surface area contributed by atoms with Crippen molar-refractivity contribution in [3.8, 4) is 5.75 Å². The van der Waals surface area contributed by atoms with Gasteiger partial charge < -0.3 is 33.5 Å². The van der Waals surface area contributed by atoms with Crippen molar-refractivity contribution in [1.82, 2.24) is 14.0 Å². The number of Topliss-reactive ketones (excluding diaryl/α,β-unsaturated/α-hetero) is 1. The van der Waals surface area contributed by atoms with Crippen molar-refractivity contribution >= 4 is 40.2 Å². The summed E-state index contributed by atoms with van der Waals surface area (Å²) < 4.78 is 28.7. The van der Waals surface area contributed by atoms with Crippen molar-refractivity contribution in [2.45, 2.75) is 13.5 Å². The summed E-state index contributed by atoms with van der Waals surface area (Å²) in [5.74, 6) is -3.31. The van der Waals surface area contributed by atoms with Crippen LogP contribution in [-0.2, 0) is 18.3 Å². The van der Waals surface area contributed by atoms with Crippen LogP contribution in [0.3, 0.4) is 0 Å². The number of aromatic carboxylic acids is 1. The van der Waals surface area contributed by atoms with Crippen LogP contribution in [-0.4, -0.2) is 76.1 Å². The summed E-state index contributed by atoms with van der Waals surface area (Å²) in [7, 11) is 2.83. The Hall–Kier alpha value is -4.94. The van der Waals surface area contributed by atoms with Gasteiger partial charge in [-0.25, -0.2) is 14.0 Å². The van der Waals surface area contributed by atoms with Crippen LogP contribution in [0.4, 0.5) is 14.9 Å². The maximum Gasteiger partial charge on any atom is 0.415 e.